The summed E-state index contributed by atoms with van der Waals surface area (Å²) in [6, 6.07) is -0.371. The number of carbonyl (C=O) groups excluding carboxylic acids is 2. The maximum absolute atomic E-state index is 11.4. The Kier molecular flexibility index (Phi) is 1.74. The summed E-state index contributed by atoms with van der Waals surface area (Å²) in [6.45, 7) is 1.91. The minimum Gasteiger partial charge on any atom is -0.320 e. The molecule has 3 amide bonds. The van der Waals surface area contributed by atoms with Crippen LogP contribution in [0.4, 0.5) is 4.79 Å². The molecule has 6 heteroatoms. The summed E-state index contributed by atoms with van der Waals surface area (Å²) in [5.41, 5.74) is 3.07. The third-order valence-corrected chi connectivity index (χ3v) is 2.52. The minimum absolute atomic E-state index is 0.0515. The molecular formula is C7H12N4O2. The first-order valence-electron chi connectivity index (χ1n) is 4.20. The van der Waals surface area contributed by atoms with Crippen molar-refractivity contribution in [3.05, 3.63) is 0 Å². The zero-order chi connectivity index (χ0) is 9.59. The van der Waals surface area contributed by atoms with E-state index in [-0.39, 0.29) is 24.0 Å². The molecule has 0 radical (unpaired) electrons. The molecule has 2 rings (SSSR count). The molecule has 2 saturated heterocycles. The van der Waals surface area contributed by atoms with Crippen LogP contribution in [-0.2, 0) is 4.79 Å². The van der Waals surface area contributed by atoms with Crippen molar-refractivity contribution in [3.8, 4) is 0 Å². The minimum atomic E-state index is -0.422. The molecule has 2 heterocycles. The summed E-state index contributed by atoms with van der Waals surface area (Å²) in [5, 5.41) is 6.68. The number of nitrogens with zero attached hydrogens (tertiary/aromatic N) is 1. The third-order valence-electron chi connectivity index (χ3n) is 2.52. The van der Waals surface area contributed by atoms with Crippen LogP contribution in [0.1, 0.15) is 6.92 Å². The van der Waals surface area contributed by atoms with Gasteiger partial charge in [-0.25, -0.2) is 15.2 Å². The van der Waals surface area contributed by atoms with Crippen LogP contribution in [0, 0.1) is 5.92 Å². The highest BCUT2D eigenvalue weighted by atomic mass is 16.2. The molecule has 0 aromatic heterocycles. The van der Waals surface area contributed by atoms with Gasteiger partial charge in [0, 0.05) is 13.1 Å². The Morgan fingerprint density at radius 3 is 2.77 bits per heavy atom. The number of hydrogen-bond donors (Lipinski definition) is 3. The molecule has 0 spiro atoms. The van der Waals surface area contributed by atoms with Gasteiger partial charge in [-0.05, 0) is 6.92 Å². The van der Waals surface area contributed by atoms with Crippen LogP contribution in [0.5, 0.6) is 0 Å². The van der Waals surface area contributed by atoms with Crippen molar-refractivity contribution in [1.82, 2.24) is 21.1 Å². The lowest BCUT2D eigenvalue weighted by Crippen LogP contribution is -2.60. The van der Waals surface area contributed by atoms with Crippen molar-refractivity contribution >= 4 is 11.9 Å². The van der Waals surface area contributed by atoms with Gasteiger partial charge in [0.15, 0.2) is 0 Å². The highest BCUT2D eigenvalue weighted by Gasteiger charge is 2.46. The van der Waals surface area contributed by atoms with Crippen molar-refractivity contribution < 1.29 is 9.59 Å². The van der Waals surface area contributed by atoms with Crippen molar-refractivity contribution in [2.45, 2.75) is 19.1 Å². The van der Waals surface area contributed by atoms with E-state index in [1.165, 1.54) is 0 Å². The van der Waals surface area contributed by atoms with Gasteiger partial charge in [0.2, 0.25) is 5.91 Å². The first-order chi connectivity index (χ1) is 6.09. The van der Waals surface area contributed by atoms with E-state index in [4.69, 9.17) is 0 Å². The van der Waals surface area contributed by atoms with Gasteiger partial charge in [-0.15, -0.1) is 0 Å². The highest BCUT2D eigenvalue weighted by molar-refractivity contribution is 5.98. The predicted molar refractivity (Wildman–Crippen MR) is 44.3 cm³/mol. The molecule has 6 nitrogen and oxygen atoms in total. The zero-order valence-corrected chi connectivity index (χ0v) is 7.50. The number of carbonyl (C=O) groups is 2. The van der Waals surface area contributed by atoms with Crippen molar-refractivity contribution in [2.75, 3.05) is 7.05 Å². The maximum atomic E-state index is 11.4. The summed E-state index contributed by atoms with van der Waals surface area (Å²) in [5.74, 6) is -0.416. The van der Waals surface area contributed by atoms with Crippen LogP contribution < -0.4 is 16.1 Å². The Balaban J connectivity index is 2.24. The summed E-state index contributed by atoms with van der Waals surface area (Å²) < 4.78 is 0. The third kappa shape index (κ3) is 1.18. The molecule has 2 fully saturated rings. The predicted octanol–water partition coefficient (Wildman–Crippen LogP) is -1.39. The number of imide groups is 1. The standard InChI is InChI=1S/C7H12N4O2/c1-3-4-5(11(2)10-3)8-7(13)9-6(4)12/h3-5,10H,1-2H3,(H2,8,9,12,13). The Hall–Kier alpha value is -1.14. The molecule has 3 unspecified atom stereocenters. The van der Waals surface area contributed by atoms with Crippen LogP contribution in [-0.4, -0.2) is 36.2 Å². The highest BCUT2D eigenvalue weighted by Crippen LogP contribution is 2.21. The van der Waals surface area contributed by atoms with Crippen LogP contribution in [0.25, 0.3) is 0 Å². The van der Waals surface area contributed by atoms with Gasteiger partial charge in [0.1, 0.15) is 6.17 Å². The first kappa shape index (κ1) is 8.46. The van der Waals surface area contributed by atoms with Gasteiger partial charge in [-0.2, -0.15) is 0 Å². The van der Waals surface area contributed by atoms with E-state index in [2.05, 4.69) is 16.1 Å². The Morgan fingerprint density at radius 1 is 1.38 bits per heavy atom. The van der Waals surface area contributed by atoms with E-state index < -0.39 is 6.03 Å². The van der Waals surface area contributed by atoms with Crippen LogP contribution in [0.2, 0.25) is 0 Å². The first-order valence-corrected chi connectivity index (χ1v) is 4.20. The Morgan fingerprint density at radius 2 is 2.08 bits per heavy atom. The van der Waals surface area contributed by atoms with Crippen molar-refractivity contribution in [1.29, 1.82) is 0 Å². The lowest BCUT2D eigenvalue weighted by molar-refractivity contribution is -0.126. The summed E-state index contributed by atoms with van der Waals surface area (Å²) >= 11 is 0. The smallest absolute Gasteiger partial charge is 0.320 e. The quantitative estimate of drug-likeness (QED) is 0.433. The summed E-state index contributed by atoms with van der Waals surface area (Å²) in [6.07, 6.45) is -0.226. The van der Waals surface area contributed by atoms with Gasteiger partial charge >= 0.3 is 6.03 Å². The number of nitrogens with one attached hydrogen (secondary N) is 3. The van der Waals surface area contributed by atoms with E-state index in [0.29, 0.717) is 0 Å². The topological polar surface area (TPSA) is 73.5 Å². The van der Waals surface area contributed by atoms with Gasteiger partial charge in [-0.3, -0.25) is 10.1 Å². The fraction of sp³-hybridized carbons (Fsp3) is 0.714. The molecule has 0 saturated carbocycles. The SMILES string of the molecule is CC1NN(C)C2NC(=O)NC(=O)C12. The molecule has 0 bridgehead atoms. The lowest BCUT2D eigenvalue weighted by atomic mass is 9.98. The van der Waals surface area contributed by atoms with Crippen molar-refractivity contribution in [2.24, 2.45) is 5.92 Å². The molecule has 3 atom stereocenters. The number of hydrogen-bond acceptors (Lipinski definition) is 4. The monoisotopic (exact) mass is 184 g/mol. The zero-order valence-electron chi connectivity index (χ0n) is 7.50. The largest absolute Gasteiger partial charge is 0.322 e. The van der Waals surface area contributed by atoms with Gasteiger partial charge < -0.3 is 5.32 Å². The second kappa shape index (κ2) is 2.68. The molecular weight excluding hydrogens is 172 g/mol. The lowest BCUT2D eigenvalue weighted by Gasteiger charge is -2.28. The van der Waals surface area contributed by atoms with Crippen molar-refractivity contribution in [3.63, 3.8) is 0 Å². The molecule has 2 aliphatic heterocycles. The molecule has 0 aromatic rings. The Bertz CT molecular complexity index is 267. The van der Waals surface area contributed by atoms with Gasteiger partial charge in [0.25, 0.3) is 0 Å². The number of urea groups is 1. The summed E-state index contributed by atoms with van der Waals surface area (Å²) in [4.78, 5) is 22.4. The van der Waals surface area contributed by atoms with E-state index in [0.717, 1.165) is 0 Å². The van der Waals surface area contributed by atoms with Crippen LogP contribution >= 0.6 is 0 Å². The van der Waals surface area contributed by atoms with Gasteiger partial charge in [0.05, 0.1) is 5.92 Å². The number of fused-ring (bicyclic) bond motifs is 1. The van der Waals surface area contributed by atoms with E-state index in [9.17, 15) is 9.59 Å². The van der Waals surface area contributed by atoms with Crippen LogP contribution in [0.15, 0.2) is 0 Å². The maximum Gasteiger partial charge on any atom is 0.322 e. The molecule has 3 N–H and O–H groups in total. The summed E-state index contributed by atoms with van der Waals surface area (Å²) in [7, 11) is 1.81. The van der Waals surface area contributed by atoms with Crippen LogP contribution in [0.3, 0.4) is 0 Å². The fourth-order valence-electron chi connectivity index (χ4n) is 1.92. The molecule has 0 aromatic carbocycles. The average molecular weight is 184 g/mol. The van der Waals surface area contributed by atoms with E-state index in [1.54, 1.807) is 12.1 Å². The number of amides is 3. The molecule has 13 heavy (non-hydrogen) atoms. The normalized spacial score (nSPS) is 39.7. The number of hydrazine groups is 1. The second-order valence-electron chi connectivity index (χ2n) is 3.46. The van der Waals surface area contributed by atoms with E-state index in [1.807, 2.05) is 6.92 Å². The average Bonchev–Trinajstić information content (AvgIpc) is 2.27. The van der Waals surface area contributed by atoms with Gasteiger partial charge in [-0.1, -0.05) is 0 Å². The molecule has 72 valence electrons. The fourth-order valence-corrected chi connectivity index (χ4v) is 1.92. The number of rotatable bonds is 0. The van der Waals surface area contributed by atoms with E-state index >= 15 is 0 Å². The molecule has 2 aliphatic rings. The second-order valence-corrected chi connectivity index (χ2v) is 3.46. The molecule has 0 aliphatic carbocycles. The Labute approximate surface area is 75.6 Å².